The minimum Gasteiger partial charge on any atom is -0.481 e. The van der Waals surface area contributed by atoms with E-state index in [-0.39, 0.29) is 11.5 Å². The molecule has 0 saturated heterocycles. The summed E-state index contributed by atoms with van der Waals surface area (Å²) < 4.78 is 32.2. The van der Waals surface area contributed by atoms with Crippen molar-refractivity contribution >= 4 is 5.91 Å². The lowest BCUT2D eigenvalue weighted by atomic mass is 10.1. The van der Waals surface area contributed by atoms with Crippen molar-refractivity contribution < 1.29 is 18.3 Å². The van der Waals surface area contributed by atoms with Crippen LogP contribution < -0.4 is 10.1 Å². The molecule has 23 heavy (non-hydrogen) atoms. The highest BCUT2D eigenvalue weighted by atomic mass is 19.1. The summed E-state index contributed by atoms with van der Waals surface area (Å²) >= 11 is 0. The molecule has 0 radical (unpaired) electrons. The number of benzene rings is 2. The molecule has 0 aliphatic heterocycles. The second-order valence-corrected chi connectivity index (χ2v) is 5.47. The molecule has 0 fully saturated rings. The van der Waals surface area contributed by atoms with Gasteiger partial charge in [-0.2, -0.15) is 0 Å². The molecule has 0 heterocycles. The topological polar surface area (TPSA) is 38.3 Å². The van der Waals surface area contributed by atoms with Gasteiger partial charge in [0.15, 0.2) is 6.10 Å². The SMILES string of the molecule is Cc1ccc(OC(C)C(=O)NC(C)c2ccc(F)cc2F)cc1. The molecular formula is C18H19F2NO2. The fourth-order valence-corrected chi connectivity index (χ4v) is 2.14. The van der Waals surface area contributed by atoms with Crippen molar-refractivity contribution in [2.75, 3.05) is 0 Å². The lowest BCUT2D eigenvalue weighted by Gasteiger charge is -2.19. The Labute approximate surface area is 134 Å². The van der Waals surface area contributed by atoms with Crippen LogP contribution in [-0.2, 0) is 4.79 Å². The molecule has 2 rings (SSSR count). The van der Waals surface area contributed by atoms with Crippen LogP contribution >= 0.6 is 0 Å². The number of carbonyl (C=O) groups is 1. The fourth-order valence-electron chi connectivity index (χ4n) is 2.14. The van der Waals surface area contributed by atoms with Crippen molar-refractivity contribution in [3.63, 3.8) is 0 Å². The van der Waals surface area contributed by atoms with E-state index in [1.54, 1.807) is 26.0 Å². The van der Waals surface area contributed by atoms with Crippen LogP contribution in [0, 0.1) is 18.6 Å². The van der Waals surface area contributed by atoms with Crippen molar-refractivity contribution in [2.45, 2.75) is 32.9 Å². The number of aryl methyl sites for hydroxylation is 1. The highest BCUT2D eigenvalue weighted by molar-refractivity contribution is 5.81. The van der Waals surface area contributed by atoms with Crippen LogP contribution in [0.3, 0.4) is 0 Å². The summed E-state index contributed by atoms with van der Waals surface area (Å²) in [6, 6.07) is 10.0. The molecule has 1 N–H and O–H groups in total. The molecule has 2 aromatic rings. The first-order valence-electron chi connectivity index (χ1n) is 7.35. The Balaban J connectivity index is 1.98. The number of hydrogen-bond acceptors (Lipinski definition) is 2. The first kappa shape index (κ1) is 16.9. The molecule has 5 heteroatoms. The van der Waals surface area contributed by atoms with Crippen molar-refractivity contribution in [2.24, 2.45) is 0 Å². The van der Waals surface area contributed by atoms with Crippen molar-refractivity contribution in [3.05, 3.63) is 65.2 Å². The van der Waals surface area contributed by atoms with E-state index in [0.717, 1.165) is 17.7 Å². The second-order valence-electron chi connectivity index (χ2n) is 5.47. The van der Waals surface area contributed by atoms with E-state index in [1.807, 2.05) is 19.1 Å². The number of hydrogen-bond donors (Lipinski definition) is 1. The molecule has 0 aromatic heterocycles. The van der Waals surface area contributed by atoms with Gasteiger partial charge in [0, 0.05) is 11.6 Å². The Kier molecular flexibility index (Phi) is 5.32. The van der Waals surface area contributed by atoms with E-state index in [9.17, 15) is 13.6 Å². The Bertz CT molecular complexity index is 686. The molecule has 0 aliphatic carbocycles. The minimum atomic E-state index is -0.733. The number of ether oxygens (including phenoxy) is 1. The maximum absolute atomic E-state index is 13.7. The third-order valence-corrected chi connectivity index (χ3v) is 3.49. The summed E-state index contributed by atoms with van der Waals surface area (Å²) in [6.45, 7) is 5.20. The summed E-state index contributed by atoms with van der Waals surface area (Å²) in [6.07, 6.45) is -0.733. The summed E-state index contributed by atoms with van der Waals surface area (Å²) in [4.78, 5) is 12.1. The smallest absolute Gasteiger partial charge is 0.261 e. The van der Waals surface area contributed by atoms with Crippen LogP contribution in [0.5, 0.6) is 5.75 Å². The molecule has 2 aromatic carbocycles. The van der Waals surface area contributed by atoms with Gasteiger partial charge in [-0.15, -0.1) is 0 Å². The fraction of sp³-hybridized carbons (Fsp3) is 0.278. The van der Waals surface area contributed by atoms with Gasteiger partial charge in [-0.25, -0.2) is 8.78 Å². The van der Waals surface area contributed by atoms with Crippen LogP contribution in [0.1, 0.15) is 31.0 Å². The second kappa shape index (κ2) is 7.22. The van der Waals surface area contributed by atoms with Gasteiger partial charge in [-0.3, -0.25) is 4.79 Å². The molecule has 0 spiro atoms. The molecule has 2 atom stereocenters. The van der Waals surface area contributed by atoms with Gasteiger partial charge in [-0.1, -0.05) is 23.8 Å². The van der Waals surface area contributed by atoms with E-state index in [2.05, 4.69) is 5.32 Å². The van der Waals surface area contributed by atoms with Crippen molar-refractivity contribution in [1.82, 2.24) is 5.32 Å². The van der Waals surface area contributed by atoms with Gasteiger partial charge in [-0.05, 0) is 39.0 Å². The van der Waals surface area contributed by atoms with Crippen LogP contribution in [0.2, 0.25) is 0 Å². The van der Waals surface area contributed by atoms with E-state index in [1.165, 1.54) is 6.07 Å². The van der Waals surface area contributed by atoms with Crippen LogP contribution in [0.15, 0.2) is 42.5 Å². The van der Waals surface area contributed by atoms with Gasteiger partial charge in [0.25, 0.3) is 5.91 Å². The number of nitrogens with one attached hydrogen (secondary N) is 1. The van der Waals surface area contributed by atoms with Gasteiger partial charge in [0.2, 0.25) is 0 Å². The molecule has 1 amide bonds. The number of carbonyl (C=O) groups excluding carboxylic acids is 1. The van der Waals surface area contributed by atoms with E-state index >= 15 is 0 Å². The van der Waals surface area contributed by atoms with Crippen LogP contribution in [-0.4, -0.2) is 12.0 Å². The molecule has 0 saturated carbocycles. The van der Waals surface area contributed by atoms with Gasteiger partial charge >= 0.3 is 0 Å². The lowest BCUT2D eigenvalue weighted by Crippen LogP contribution is -2.38. The maximum atomic E-state index is 13.7. The highest BCUT2D eigenvalue weighted by Crippen LogP contribution is 2.18. The molecule has 0 aliphatic rings. The van der Waals surface area contributed by atoms with Crippen molar-refractivity contribution in [3.8, 4) is 5.75 Å². The molecular weight excluding hydrogens is 300 g/mol. The number of amides is 1. The Morgan fingerprint density at radius 1 is 1.09 bits per heavy atom. The van der Waals surface area contributed by atoms with Gasteiger partial charge in [0.05, 0.1) is 6.04 Å². The average Bonchev–Trinajstić information content (AvgIpc) is 2.49. The quantitative estimate of drug-likeness (QED) is 0.907. The molecule has 122 valence electrons. The molecule has 0 bridgehead atoms. The monoisotopic (exact) mass is 319 g/mol. The van der Waals surface area contributed by atoms with Crippen molar-refractivity contribution in [1.29, 1.82) is 0 Å². The third-order valence-electron chi connectivity index (χ3n) is 3.49. The third kappa shape index (κ3) is 4.52. The Hall–Kier alpha value is -2.43. The summed E-state index contributed by atoms with van der Waals surface area (Å²) in [7, 11) is 0. The van der Waals surface area contributed by atoms with Crippen LogP contribution in [0.25, 0.3) is 0 Å². The maximum Gasteiger partial charge on any atom is 0.261 e. The highest BCUT2D eigenvalue weighted by Gasteiger charge is 2.19. The molecule has 2 unspecified atom stereocenters. The zero-order valence-corrected chi connectivity index (χ0v) is 13.3. The lowest BCUT2D eigenvalue weighted by molar-refractivity contribution is -0.127. The standard InChI is InChI=1S/C18H19F2NO2/c1-11-4-7-15(8-5-11)23-13(3)18(22)21-12(2)16-9-6-14(19)10-17(16)20/h4-10,12-13H,1-3H3,(H,21,22). The zero-order valence-electron chi connectivity index (χ0n) is 13.3. The van der Waals surface area contributed by atoms with E-state index in [0.29, 0.717) is 5.75 Å². The number of halogens is 2. The normalized spacial score (nSPS) is 13.3. The van der Waals surface area contributed by atoms with E-state index < -0.39 is 23.8 Å². The van der Waals surface area contributed by atoms with E-state index in [4.69, 9.17) is 4.74 Å². The Morgan fingerprint density at radius 3 is 2.35 bits per heavy atom. The molecule has 3 nitrogen and oxygen atoms in total. The minimum absolute atomic E-state index is 0.224. The largest absolute Gasteiger partial charge is 0.481 e. The first-order valence-corrected chi connectivity index (χ1v) is 7.35. The Morgan fingerprint density at radius 2 is 1.74 bits per heavy atom. The zero-order chi connectivity index (χ0) is 17.0. The number of rotatable bonds is 5. The van der Waals surface area contributed by atoms with Crippen LogP contribution in [0.4, 0.5) is 8.78 Å². The summed E-state index contributed by atoms with van der Waals surface area (Å²) in [5, 5.41) is 2.66. The first-order chi connectivity index (χ1) is 10.9. The predicted octanol–water partition coefficient (Wildman–Crippen LogP) is 3.92. The summed E-state index contributed by atoms with van der Waals surface area (Å²) in [5.74, 6) is -1.13. The van der Waals surface area contributed by atoms with Gasteiger partial charge < -0.3 is 10.1 Å². The predicted molar refractivity (Wildman–Crippen MR) is 84.2 cm³/mol. The average molecular weight is 319 g/mol. The summed E-state index contributed by atoms with van der Waals surface area (Å²) in [5.41, 5.74) is 1.32. The van der Waals surface area contributed by atoms with Gasteiger partial charge in [0.1, 0.15) is 17.4 Å².